The lowest BCUT2D eigenvalue weighted by molar-refractivity contribution is -0.157. The summed E-state index contributed by atoms with van der Waals surface area (Å²) in [6, 6.07) is 0.375. The number of rotatable bonds is 15. The van der Waals surface area contributed by atoms with Crippen LogP contribution < -0.4 is 5.32 Å². The van der Waals surface area contributed by atoms with Gasteiger partial charge in [0.1, 0.15) is 6.10 Å². The monoisotopic (exact) mass is 575 g/mol. The van der Waals surface area contributed by atoms with Crippen LogP contribution in [-0.2, 0) is 14.3 Å². The van der Waals surface area contributed by atoms with E-state index in [0.29, 0.717) is 24.8 Å². The van der Waals surface area contributed by atoms with Gasteiger partial charge in [0.25, 0.3) is 0 Å². The lowest BCUT2D eigenvalue weighted by Crippen LogP contribution is -2.61. The van der Waals surface area contributed by atoms with Crippen molar-refractivity contribution < 1.29 is 14.3 Å². The van der Waals surface area contributed by atoms with Crippen LogP contribution in [0.3, 0.4) is 0 Å². The number of piperidine rings is 1. The van der Waals surface area contributed by atoms with Crippen molar-refractivity contribution in [2.24, 2.45) is 34.5 Å². The second kappa shape index (κ2) is 14.6. The average Bonchev–Trinajstić information content (AvgIpc) is 3.27. The maximum Gasteiger partial charge on any atom is 0.306 e. The van der Waals surface area contributed by atoms with Crippen LogP contribution in [0.25, 0.3) is 0 Å². The number of amides is 1. The molecule has 1 amide bonds. The third-order valence-electron chi connectivity index (χ3n) is 12.0. The Balaban J connectivity index is 1.13. The second-order valence-electron chi connectivity index (χ2n) is 14.9. The van der Waals surface area contributed by atoms with Gasteiger partial charge in [0.05, 0.1) is 0 Å². The minimum absolute atomic E-state index is 0.0264. The van der Waals surface area contributed by atoms with Crippen molar-refractivity contribution in [2.45, 2.75) is 168 Å². The number of thioether (sulfide) groups is 1. The second-order valence-corrected chi connectivity index (χ2v) is 16.5. The topological polar surface area (TPSA) is 55.4 Å². The van der Waals surface area contributed by atoms with E-state index >= 15 is 0 Å². The average molecular weight is 576 g/mol. The Kier molecular flexibility index (Phi) is 11.8. The molecule has 40 heavy (non-hydrogen) atoms. The van der Waals surface area contributed by atoms with Gasteiger partial charge in [-0.3, -0.25) is 9.59 Å². The van der Waals surface area contributed by atoms with Gasteiger partial charge >= 0.3 is 5.97 Å². The van der Waals surface area contributed by atoms with E-state index in [1.54, 1.807) is 0 Å². The normalized spacial score (nSPS) is 36.0. The quantitative estimate of drug-likeness (QED) is 0.156. The molecule has 1 aliphatic heterocycles. The summed E-state index contributed by atoms with van der Waals surface area (Å²) in [6.07, 6.45) is 21.3. The van der Waals surface area contributed by atoms with Crippen LogP contribution in [0.1, 0.15) is 150 Å². The molecule has 0 aromatic rings. The van der Waals surface area contributed by atoms with E-state index in [0.717, 1.165) is 48.7 Å². The van der Waals surface area contributed by atoms with Crippen LogP contribution in [0, 0.1) is 34.5 Å². The van der Waals surface area contributed by atoms with Crippen molar-refractivity contribution in [3.63, 3.8) is 0 Å². The molecule has 4 rings (SSSR count). The highest BCUT2D eigenvalue weighted by atomic mass is 32.2. The molecule has 0 aromatic carbocycles. The summed E-state index contributed by atoms with van der Waals surface area (Å²) in [5, 5.41) is 4.12. The fourth-order valence-electron chi connectivity index (χ4n) is 9.79. The van der Waals surface area contributed by atoms with Gasteiger partial charge in [0, 0.05) is 24.8 Å². The van der Waals surface area contributed by atoms with Crippen molar-refractivity contribution in [1.29, 1.82) is 0 Å². The first-order valence-electron chi connectivity index (χ1n) is 17.3. The molecule has 0 spiro atoms. The molecular formula is C35H61NO3S. The number of hydrogen-bond acceptors (Lipinski definition) is 4. The number of esters is 1. The first-order chi connectivity index (χ1) is 19.1. The molecule has 3 aliphatic carbocycles. The van der Waals surface area contributed by atoms with Crippen molar-refractivity contribution in [2.75, 3.05) is 5.75 Å². The Morgan fingerprint density at radius 3 is 2.20 bits per heavy atom. The first-order valence-corrected chi connectivity index (χ1v) is 18.3. The minimum atomic E-state index is 0.0264. The number of ether oxygens (including phenoxy) is 1. The summed E-state index contributed by atoms with van der Waals surface area (Å²) < 4.78 is 6.12. The molecule has 0 radical (unpaired) electrons. The van der Waals surface area contributed by atoms with Gasteiger partial charge in [0.2, 0.25) is 5.91 Å². The van der Waals surface area contributed by atoms with E-state index in [9.17, 15) is 9.59 Å². The predicted molar refractivity (Wildman–Crippen MR) is 168 cm³/mol. The Morgan fingerprint density at radius 2 is 1.50 bits per heavy atom. The summed E-state index contributed by atoms with van der Waals surface area (Å²) >= 11 is 2.08. The van der Waals surface area contributed by atoms with Crippen molar-refractivity contribution in [3.05, 3.63) is 0 Å². The Morgan fingerprint density at radius 1 is 0.850 bits per heavy atom. The van der Waals surface area contributed by atoms with Gasteiger partial charge < -0.3 is 10.1 Å². The summed E-state index contributed by atoms with van der Waals surface area (Å²) in [5.74, 6) is 4.33. The summed E-state index contributed by atoms with van der Waals surface area (Å²) in [7, 11) is 0. The fourth-order valence-corrected chi connectivity index (χ4v) is 10.6. The maximum atomic E-state index is 12.8. The molecule has 1 saturated heterocycles. The minimum Gasteiger partial charge on any atom is -0.462 e. The fraction of sp³-hybridized carbons (Fsp3) is 0.943. The standard InChI is InChI=1S/C35H61NO3S/c1-25(2)40-24-14-12-10-8-6-7-9-11-13-15-33(38)39-26(3)28-17-18-29-27-16-19-31-35(5,23-21-32(37)36-31)30(27)20-22-34(28,29)4/h25-31H,6-24H2,1-5H3,(H,36,37)/t26?,27-,28+,29-,30-,31?,34+,35+/m0/s1. The number of hydrogen-bond donors (Lipinski definition) is 1. The largest absolute Gasteiger partial charge is 0.462 e. The third-order valence-corrected chi connectivity index (χ3v) is 13.2. The van der Waals surface area contributed by atoms with Crippen molar-refractivity contribution in [1.82, 2.24) is 5.32 Å². The molecule has 4 aliphatic rings. The number of unbranched alkanes of at least 4 members (excludes halogenated alkanes) is 8. The SMILES string of the molecule is CC(C)SCCCCCCCCCCCC(=O)OC(C)[C@H]1CC[C@H]2[C@@H]3CCC4NC(=O)CC[C@]4(C)[C@H]3CC[C@]12C. The van der Waals surface area contributed by atoms with E-state index < -0.39 is 0 Å². The molecule has 4 fully saturated rings. The molecule has 8 atom stereocenters. The summed E-state index contributed by atoms with van der Waals surface area (Å²) in [4.78, 5) is 24.9. The van der Waals surface area contributed by atoms with Crippen LogP contribution in [-0.4, -0.2) is 35.0 Å². The highest BCUT2D eigenvalue weighted by Gasteiger charge is 2.61. The Bertz CT molecular complexity index is 831. The Hall–Kier alpha value is -0.710. The molecule has 3 saturated carbocycles. The van der Waals surface area contributed by atoms with Gasteiger partial charge in [-0.25, -0.2) is 0 Å². The maximum absolute atomic E-state index is 12.8. The number of carbonyl (C=O) groups is 2. The molecule has 1 N–H and O–H groups in total. The number of carbonyl (C=O) groups excluding carboxylic acids is 2. The van der Waals surface area contributed by atoms with E-state index in [1.807, 2.05) is 0 Å². The predicted octanol–water partition coefficient (Wildman–Crippen LogP) is 9.10. The lowest BCUT2D eigenvalue weighted by atomic mass is 9.47. The molecule has 0 aromatic heterocycles. The van der Waals surface area contributed by atoms with Gasteiger partial charge in [-0.15, -0.1) is 0 Å². The zero-order valence-corrected chi connectivity index (χ0v) is 27.4. The molecule has 1 heterocycles. The molecule has 4 nitrogen and oxygen atoms in total. The van der Waals surface area contributed by atoms with Crippen LogP contribution in [0.2, 0.25) is 0 Å². The van der Waals surface area contributed by atoms with Gasteiger partial charge in [-0.1, -0.05) is 72.6 Å². The molecule has 5 heteroatoms. The van der Waals surface area contributed by atoms with Gasteiger partial charge in [-0.05, 0) is 104 Å². The van der Waals surface area contributed by atoms with Crippen LogP contribution in [0.15, 0.2) is 0 Å². The zero-order valence-electron chi connectivity index (χ0n) is 26.6. The van der Waals surface area contributed by atoms with E-state index in [1.165, 1.54) is 82.8 Å². The molecule has 0 bridgehead atoms. The molecule has 2 unspecified atom stereocenters. The lowest BCUT2D eigenvalue weighted by Gasteiger charge is -2.60. The smallest absolute Gasteiger partial charge is 0.306 e. The van der Waals surface area contributed by atoms with Gasteiger partial charge in [0.15, 0.2) is 0 Å². The van der Waals surface area contributed by atoms with Crippen LogP contribution in [0.4, 0.5) is 0 Å². The third kappa shape index (κ3) is 7.62. The molecule has 230 valence electrons. The number of nitrogens with one attached hydrogen (secondary N) is 1. The van der Waals surface area contributed by atoms with Crippen molar-refractivity contribution in [3.8, 4) is 0 Å². The zero-order chi connectivity index (χ0) is 28.8. The first kappa shape index (κ1) is 32.2. The summed E-state index contributed by atoms with van der Waals surface area (Å²) in [6.45, 7) is 11.7. The highest BCUT2D eigenvalue weighted by molar-refractivity contribution is 7.99. The highest BCUT2D eigenvalue weighted by Crippen LogP contribution is 2.66. The summed E-state index contributed by atoms with van der Waals surface area (Å²) in [5.41, 5.74) is 0.552. The van der Waals surface area contributed by atoms with E-state index in [4.69, 9.17) is 4.74 Å². The molecular weight excluding hydrogens is 514 g/mol. The van der Waals surface area contributed by atoms with E-state index in [-0.39, 0.29) is 28.8 Å². The Labute approximate surface area is 250 Å². The number of fused-ring (bicyclic) bond motifs is 5. The van der Waals surface area contributed by atoms with Crippen LogP contribution >= 0.6 is 11.8 Å². The van der Waals surface area contributed by atoms with Gasteiger partial charge in [-0.2, -0.15) is 11.8 Å². The van der Waals surface area contributed by atoms with E-state index in [2.05, 4.69) is 51.7 Å². The van der Waals surface area contributed by atoms with Crippen LogP contribution in [0.5, 0.6) is 0 Å². The van der Waals surface area contributed by atoms with Crippen molar-refractivity contribution >= 4 is 23.6 Å².